The number of alkyl halides is 3. The molecule has 1 N–H and O–H groups in total. The second kappa shape index (κ2) is 8.61. The van der Waals surface area contributed by atoms with E-state index in [1.54, 1.807) is 24.3 Å². The van der Waals surface area contributed by atoms with Gasteiger partial charge in [-0.3, -0.25) is 4.79 Å². The lowest BCUT2D eigenvalue weighted by Gasteiger charge is -2.08. The van der Waals surface area contributed by atoms with Crippen LogP contribution in [0.5, 0.6) is 5.75 Å². The van der Waals surface area contributed by atoms with Gasteiger partial charge in [-0.15, -0.1) is 0 Å². The number of aliphatic carboxylic acids is 1. The van der Waals surface area contributed by atoms with Gasteiger partial charge in [-0.25, -0.2) is 4.98 Å². The third-order valence-electron chi connectivity index (χ3n) is 4.36. The van der Waals surface area contributed by atoms with E-state index in [4.69, 9.17) is 14.3 Å². The number of hydrogen-bond donors (Lipinski definition) is 1. The number of hydrogen-bond acceptors (Lipinski definition) is 4. The molecule has 0 radical (unpaired) electrons. The van der Waals surface area contributed by atoms with E-state index in [0.29, 0.717) is 28.3 Å². The summed E-state index contributed by atoms with van der Waals surface area (Å²) in [5.74, 6) is 0.227. The van der Waals surface area contributed by atoms with Gasteiger partial charge in [0.25, 0.3) is 0 Å². The molecule has 0 amide bonds. The summed E-state index contributed by atoms with van der Waals surface area (Å²) in [4.78, 5) is 15.3. The molecule has 0 saturated heterocycles. The Morgan fingerprint density at radius 2 is 1.87 bits per heavy atom. The Morgan fingerprint density at radius 3 is 2.47 bits per heavy atom. The largest absolute Gasteiger partial charge is 0.486 e. The van der Waals surface area contributed by atoms with E-state index in [1.807, 2.05) is 13.8 Å². The maximum atomic E-state index is 12.8. The minimum absolute atomic E-state index is 0.00823. The van der Waals surface area contributed by atoms with E-state index in [2.05, 4.69) is 4.98 Å². The van der Waals surface area contributed by atoms with Crippen molar-refractivity contribution in [3.63, 3.8) is 0 Å². The molecule has 30 heavy (non-hydrogen) atoms. The highest BCUT2D eigenvalue weighted by Gasteiger charge is 2.30. The number of aromatic nitrogens is 1. The van der Waals surface area contributed by atoms with Crippen molar-refractivity contribution >= 4 is 5.97 Å². The second-order valence-electron chi connectivity index (χ2n) is 7.06. The fraction of sp³-hybridized carbons (Fsp3) is 0.273. The van der Waals surface area contributed by atoms with Gasteiger partial charge in [0, 0.05) is 5.56 Å². The topological polar surface area (TPSA) is 72.6 Å². The molecule has 0 unspecified atom stereocenters. The molecular formula is C22H20F3NO4. The van der Waals surface area contributed by atoms with E-state index < -0.39 is 17.7 Å². The molecule has 0 atom stereocenters. The summed E-state index contributed by atoms with van der Waals surface area (Å²) in [5.41, 5.74) is 0.935. The fourth-order valence-corrected chi connectivity index (χ4v) is 2.91. The summed E-state index contributed by atoms with van der Waals surface area (Å²) in [5, 5.41) is 8.91. The van der Waals surface area contributed by atoms with Gasteiger partial charge >= 0.3 is 12.1 Å². The second-order valence-corrected chi connectivity index (χ2v) is 7.06. The Bertz CT molecular complexity index is 1020. The highest BCUT2D eigenvalue weighted by molar-refractivity contribution is 5.70. The summed E-state index contributed by atoms with van der Waals surface area (Å²) in [7, 11) is 0. The minimum atomic E-state index is -4.41. The van der Waals surface area contributed by atoms with Crippen LogP contribution in [0.15, 0.2) is 52.9 Å². The number of carboxylic acid groups (broad SMARTS) is 1. The van der Waals surface area contributed by atoms with Crippen LogP contribution in [0.2, 0.25) is 0 Å². The van der Waals surface area contributed by atoms with Crippen LogP contribution >= 0.6 is 0 Å². The first-order chi connectivity index (χ1) is 14.1. The van der Waals surface area contributed by atoms with Gasteiger partial charge in [-0.2, -0.15) is 13.2 Å². The van der Waals surface area contributed by atoms with E-state index in [0.717, 1.165) is 12.1 Å². The average Bonchev–Trinajstić information content (AvgIpc) is 3.10. The van der Waals surface area contributed by atoms with E-state index in [9.17, 15) is 18.0 Å². The number of nitrogens with zero attached hydrogens (tertiary/aromatic N) is 1. The molecule has 0 aliphatic rings. The van der Waals surface area contributed by atoms with Crippen LogP contribution in [0.3, 0.4) is 0 Å². The third kappa shape index (κ3) is 5.20. The highest BCUT2D eigenvalue weighted by Crippen LogP contribution is 2.32. The van der Waals surface area contributed by atoms with Gasteiger partial charge in [0.2, 0.25) is 5.89 Å². The van der Waals surface area contributed by atoms with E-state index in [1.165, 1.54) is 12.1 Å². The lowest BCUT2D eigenvalue weighted by molar-refractivity contribution is -0.138. The fourth-order valence-electron chi connectivity index (χ4n) is 2.91. The number of oxazole rings is 1. The summed E-state index contributed by atoms with van der Waals surface area (Å²) in [6, 6.07) is 11.3. The maximum Gasteiger partial charge on any atom is 0.416 e. The molecule has 0 aliphatic heterocycles. The molecule has 3 rings (SSSR count). The molecule has 8 heteroatoms. The summed E-state index contributed by atoms with van der Waals surface area (Å²) in [6.07, 6.45) is -4.53. The predicted molar refractivity (Wildman–Crippen MR) is 103 cm³/mol. The van der Waals surface area contributed by atoms with Gasteiger partial charge in [0.1, 0.15) is 12.4 Å². The smallest absolute Gasteiger partial charge is 0.416 e. The molecular weight excluding hydrogens is 399 g/mol. The van der Waals surface area contributed by atoms with Crippen molar-refractivity contribution in [1.29, 1.82) is 0 Å². The molecule has 0 saturated carbocycles. The van der Waals surface area contributed by atoms with Crippen LogP contribution in [0.1, 0.15) is 42.3 Å². The third-order valence-corrected chi connectivity index (χ3v) is 4.36. The zero-order valence-corrected chi connectivity index (χ0v) is 16.4. The normalized spacial score (nSPS) is 11.7. The van der Waals surface area contributed by atoms with E-state index in [-0.39, 0.29) is 24.8 Å². The quantitative estimate of drug-likeness (QED) is 0.533. The zero-order chi connectivity index (χ0) is 21.9. The van der Waals surface area contributed by atoms with Gasteiger partial charge in [-0.1, -0.05) is 26.0 Å². The minimum Gasteiger partial charge on any atom is -0.486 e. The molecule has 0 bridgehead atoms. The molecule has 1 heterocycles. The number of rotatable bonds is 7. The van der Waals surface area contributed by atoms with Crippen LogP contribution < -0.4 is 4.74 Å². The SMILES string of the molecule is CC(C)c1nc(-c2ccc(C(F)(F)F)cc2)oc1COc1cccc(CC(=O)O)c1. The Kier molecular flexibility index (Phi) is 6.14. The van der Waals surface area contributed by atoms with Crippen LogP contribution in [0, 0.1) is 0 Å². The molecule has 5 nitrogen and oxygen atoms in total. The van der Waals surface area contributed by atoms with Gasteiger partial charge in [0.15, 0.2) is 5.76 Å². The lowest BCUT2D eigenvalue weighted by Crippen LogP contribution is -2.04. The Hall–Kier alpha value is -3.29. The first-order valence-electron chi connectivity index (χ1n) is 9.24. The monoisotopic (exact) mass is 419 g/mol. The number of carbonyl (C=O) groups is 1. The van der Waals surface area contributed by atoms with Crippen molar-refractivity contribution in [2.45, 2.75) is 39.0 Å². The van der Waals surface area contributed by atoms with E-state index >= 15 is 0 Å². The van der Waals surface area contributed by atoms with Crippen LogP contribution in [-0.2, 0) is 24.0 Å². The van der Waals surface area contributed by atoms with Gasteiger partial charge in [0.05, 0.1) is 17.7 Å². The number of halogens is 3. The first-order valence-corrected chi connectivity index (χ1v) is 9.24. The van der Waals surface area contributed by atoms with Crippen molar-refractivity contribution in [2.75, 3.05) is 0 Å². The summed E-state index contributed by atoms with van der Waals surface area (Å²) in [6.45, 7) is 3.90. The standard InChI is InChI=1S/C22H20F3NO4/c1-13(2)20-18(12-29-17-5-3-4-14(10-17)11-19(27)28)30-21(26-20)15-6-8-16(9-7-15)22(23,24)25/h3-10,13H,11-12H2,1-2H3,(H,27,28). The Morgan fingerprint density at radius 1 is 1.17 bits per heavy atom. The van der Waals surface area contributed by atoms with Crippen LogP contribution in [-0.4, -0.2) is 16.1 Å². The Balaban J connectivity index is 1.80. The number of benzene rings is 2. The van der Waals surface area contributed by atoms with Crippen molar-refractivity contribution < 1.29 is 32.2 Å². The lowest BCUT2D eigenvalue weighted by atomic mass is 10.1. The average molecular weight is 419 g/mol. The Labute approximate surface area is 171 Å². The summed E-state index contributed by atoms with van der Waals surface area (Å²) < 4.78 is 49.8. The predicted octanol–water partition coefficient (Wildman–Crippen LogP) is 5.69. The van der Waals surface area contributed by atoms with Crippen molar-refractivity contribution in [3.8, 4) is 17.2 Å². The molecule has 0 fully saturated rings. The maximum absolute atomic E-state index is 12.8. The van der Waals surface area contributed by atoms with Crippen molar-refractivity contribution in [3.05, 3.63) is 71.1 Å². The first kappa shape index (κ1) is 21.4. The van der Waals surface area contributed by atoms with Gasteiger partial charge in [-0.05, 0) is 47.9 Å². The molecule has 158 valence electrons. The van der Waals surface area contributed by atoms with Crippen molar-refractivity contribution in [1.82, 2.24) is 4.98 Å². The van der Waals surface area contributed by atoms with Crippen molar-refractivity contribution in [2.24, 2.45) is 0 Å². The van der Waals surface area contributed by atoms with Crippen LogP contribution in [0.4, 0.5) is 13.2 Å². The molecule has 0 spiro atoms. The zero-order valence-electron chi connectivity index (χ0n) is 16.4. The number of ether oxygens (including phenoxy) is 1. The molecule has 1 aromatic heterocycles. The molecule has 2 aromatic carbocycles. The van der Waals surface area contributed by atoms with Gasteiger partial charge < -0.3 is 14.3 Å². The summed E-state index contributed by atoms with van der Waals surface area (Å²) >= 11 is 0. The molecule has 0 aliphatic carbocycles. The highest BCUT2D eigenvalue weighted by atomic mass is 19.4. The number of carboxylic acids is 1. The van der Waals surface area contributed by atoms with Crippen LogP contribution in [0.25, 0.3) is 11.5 Å². The molecule has 3 aromatic rings.